The van der Waals surface area contributed by atoms with Crippen molar-refractivity contribution in [1.82, 2.24) is 5.32 Å². The molecule has 0 saturated heterocycles. The van der Waals surface area contributed by atoms with E-state index in [9.17, 15) is 4.79 Å². The first-order valence-corrected chi connectivity index (χ1v) is 7.78. The van der Waals surface area contributed by atoms with Crippen molar-refractivity contribution in [3.05, 3.63) is 0 Å². The minimum absolute atomic E-state index is 0.0748. The van der Waals surface area contributed by atoms with E-state index in [1.54, 1.807) is 0 Å². The molecule has 2 aliphatic carbocycles. The molecule has 4 heteroatoms. The third-order valence-corrected chi connectivity index (χ3v) is 4.75. The number of ether oxygens (including phenoxy) is 1. The average molecular weight is 268 g/mol. The van der Waals surface area contributed by atoms with E-state index >= 15 is 0 Å². The second-order valence-corrected chi connectivity index (χ2v) is 6.25. The number of hydrogen-bond acceptors (Lipinski definition) is 3. The van der Waals surface area contributed by atoms with Gasteiger partial charge < -0.3 is 15.8 Å². The summed E-state index contributed by atoms with van der Waals surface area (Å²) in [6.45, 7) is 3.42. The van der Waals surface area contributed by atoms with Gasteiger partial charge in [-0.1, -0.05) is 19.3 Å². The summed E-state index contributed by atoms with van der Waals surface area (Å²) in [6, 6.07) is 0.322. The number of amides is 1. The molecule has 0 heterocycles. The Morgan fingerprint density at radius 2 is 2.00 bits per heavy atom. The van der Waals surface area contributed by atoms with Gasteiger partial charge in [-0.3, -0.25) is 4.79 Å². The molecule has 0 atom stereocenters. The summed E-state index contributed by atoms with van der Waals surface area (Å²) < 4.78 is 5.51. The fourth-order valence-electron chi connectivity index (χ4n) is 3.43. The molecular formula is C15H28N2O2. The second kappa shape index (κ2) is 6.71. The lowest BCUT2D eigenvalue weighted by Gasteiger charge is -2.38. The van der Waals surface area contributed by atoms with Gasteiger partial charge in [0.1, 0.15) is 0 Å². The Morgan fingerprint density at radius 3 is 2.58 bits per heavy atom. The lowest BCUT2D eigenvalue weighted by molar-refractivity contribution is -0.126. The molecule has 0 radical (unpaired) electrons. The van der Waals surface area contributed by atoms with Crippen LogP contribution in [-0.4, -0.2) is 31.2 Å². The maximum atomic E-state index is 12.1. The van der Waals surface area contributed by atoms with E-state index in [1.165, 1.54) is 19.3 Å². The fraction of sp³-hybridized carbons (Fsp3) is 0.933. The van der Waals surface area contributed by atoms with Gasteiger partial charge in [0, 0.05) is 19.1 Å². The molecule has 0 aromatic rings. The van der Waals surface area contributed by atoms with Crippen LogP contribution in [0.5, 0.6) is 0 Å². The van der Waals surface area contributed by atoms with Gasteiger partial charge in [0.25, 0.3) is 0 Å². The van der Waals surface area contributed by atoms with Crippen LogP contribution in [0.4, 0.5) is 0 Å². The molecule has 3 N–H and O–H groups in total. The van der Waals surface area contributed by atoms with Crippen molar-refractivity contribution in [2.75, 3.05) is 13.2 Å². The minimum atomic E-state index is 0.0748. The van der Waals surface area contributed by atoms with E-state index < -0.39 is 0 Å². The third-order valence-electron chi connectivity index (χ3n) is 4.75. The van der Waals surface area contributed by atoms with Crippen LogP contribution >= 0.6 is 0 Å². The fourth-order valence-corrected chi connectivity index (χ4v) is 3.43. The first-order chi connectivity index (χ1) is 9.17. The molecule has 0 unspecified atom stereocenters. The molecule has 0 aliphatic heterocycles. The van der Waals surface area contributed by atoms with Crippen molar-refractivity contribution in [3.8, 4) is 0 Å². The van der Waals surface area contributed by atoms with Crippen molar-refractivity contribution in [3.63, 3.8) is 0 Å². The van der Waals surface area contributed by atoms with Crippen molar-refractivity contribution >= 4 is 5.91 Å². The van der Waals surface area contributed by atoms with Gasteiger partial charge in [0.05, 0.1) is 6.10 Å². The second-order valence-electron chi connectivity index (χ2n) is 6.25. The van der Waals surface area contributed by atoms with Gasteiger partial charge >= 0.3 is 0 Å². The Kier molecular flexibility index (Phi) is 5.22. The van der Waals surface area contributed by atoms with E-state index in [0.29, 0.717) is 25.1 Å². The van der Waals surface area contributed by atoms with Crippen LogP contribution in [0.1, 0.15) is 58.3 Å². The molecule has 0 spiro atoms. The molecule has 0 aromatic heterocycles. The molecule has 19 heavy (non-hydrogen) atoms. The van der Waals surface area contributed by atoms with Crippen molar-refractivity contribution in [2.24, 2.45) is 11.1 Å². The van der Waals surface area contributed by atoms with Crippen LogP contribution in [-0.2, 0) is 9.53 Å². The van der Waals surface area contributed by atoms with Gasteiger partial charge in [0.15, 0.2) is 0 Å². The van der Waals surface area contributed by atoms with E-state index in [4.69, 9.17) is 10.5 Å². The third kappa shape index (κ3) is 3.93. The van der Waals surface area contributed by atoms with Crippen LogP contribution in [0.15, 0.2) is 0 Å². The molecule has 4 nitrogen and oxygen atoms in total. The smallest absolute Gasteiger partial charge is 0.220 e. The average Bonchev–Trinajstić information content (AvgIpc) is 2.37. The lowest BCUT2D eigenvalue weighted by atomic mass is 9.71. The van der Waals surface area contributed by atoms with E-state index in [1.807, 2.05) is 6.92 Å². The Morgan fingerprint density at radius 1 is 1.32 bits per heavy atom. The Balaban J connectivity index is 1.72. The zero-order chi connectivity index (χ0) is 13.7. The zero-order valence-corrected chi connectivity index (χ0v) is 12.1. The van der Waals surface area contributed by atoms with E-state index in [-0.39, 0.29) is 11.3 Å². The molecule has 0 aromatic carbocycles. The van der Waals surface area contributed by atoms with Crippen LogP contribution in [0.25, 0.3) is 0 Å². The van der Waals surface area contributed by atoms with Crippen molar-refractivity contribution in [1.29, 1.82) is 0 Å². The monoisotopic (exact) mass is 268 g/mol. The molecule has 2 saturated carbocycles. The maximum Gasteiger partial charge on any atom is 0.220 e. The molecule has 110 valence electrons. The Labute approximate surface area is 116 Å². The van der Waals surface area contributed by atoms with Gasteiger partial charge in [-0.2, -0.15) is 0 Å². The van der Waals surface area contributed by atoms with Gasteiger partial charge in [0.2, 0.25) is 5.91 Å². The largest absolute Gasteiger partial charge is 0.378 e. The van der Waals surface area contributed by atoms with Crippen molar-refractivity contribution in [2.45, 2.75) is 70.4 Å². The number of carbonyl (C=O) groups excluding carboxylic acids is 1. The van der Waals surface area contributed by atoms with Gasteiger partial charge in [-0.15, -0.1) is 0 Å². The quantitative estimate of drug-likeness (QED) is 0.774. The highest BCUT2D eigenvalue weighted by molar-refractivity contribution is 5.77. The van der Waals surface area contributed by atoms with E-state index in [2.05, 4.69) is 5.32 Å². The maximum absolute atomic E-state index is 12.1. The van der Waals surface area contributed by atoms with Crippen molar-refractivity contribution < 1.29 is 9.53 Å². The predicted octanol–water partition coefficient (Wildman–Crippen LogP) is 1.97. The normalized spacial score (nSPS) is 29.6. The van der Waals surface area contributed by atoms with Gasteiger partial charge in [-0.05, 0) is 44.6 Å². The lowest BCUT2D eigenvalue weighted by Crippen LogP contribution is -2.49. The predicted molar refractivity (Wildman–Crippen MR) is 75.8 cm³/mol. The Hall–Kier alpha value is -0.610. The number of carbonyl (C=O) groups is 1. The highest BCUT2D eigenvalue weighted by Gasteiger charge is 2.35. The number of rotatable bonds is 6. The summed E-state index contributed by atoms with van der Waals surface area (Å²) >= 11 is 0. The molecule has 2 aliphatic rings. The first kappa shape index (κ1) is 14.8. The summed E-state index contributed by atoms with van der Waals surface area (Å²) in [4.78, 5) is 12.1. The highest BCUT2D eigenvalue weighted by Crippen LogP contribution is 2.38. The molecule has 2 rings (SSSR count). The van der Waals surface area contributed by atoms with Crippen LogP contribution in [0.3, 0.4) is 0 Å². The highest BCUT2D eigenvalue weighted by atomic mass is 16.5. The summed E-state index contributed by atoms with van der Waals surface area (Å²) in [6.07, 6.45) is 8.87. The van der Waals surface area contributed by atoms with E-state index in [0.717, 1.165) is 32.3 Å². The summed E-state index contributed by atoms with van der Waals surface area (Å²) in [5.41, 5.74) is 6.00. The number of nitrogens with two attached hydrogens (primary N) is 1. The summed E-state index contributed by atoms with van der Waals surface area (Å²) in [5, 5.41) is 3.14. The number of nitrogens with one attached hydrogen (secondary N) is 1. The minimum Gasteiger partial charge on any atom is -0.378 e. The SMILES string of the molecule is CCOC1CC(NC(=O)CC2(CN)CCCCC2)C1. The summed E-state index contributed by atoms with van der Waals surface area (Å²) in [7, 11) is 0. The molecular weight excluding hydrogens is 240 g/mol. The van der Waals surface area contributed by atoms with Crippen LogP contribution in [0.2, 0.25) is 0 Å². The van der Waals surface area contributed by atoms with Gasteiger partial charge in [-0.25, -0.2) is 0 Å². The standard InChI is InChI=1S/C15H28N2O2/c1-2-19-13-8-12(9-13)17-14(18)10-15(11-16)6-4-3-5-7-15/h12-13H,2-11,16H2,1H3,(H,17,18). The topological polar surface area (TPSA) is 64.3 Å². The summed E-state index contributed by atoms with van der Waals surface area (Å²) in [5.74, 6) is 0.187. The molecule has 2 fully saturated rings. The number of hydrogen-bond donors (Lipinski definition) is 2. The first-order valence-electron chi connectivity index (χ1n) is 7.78. The van der Waals surface area contributed by atoms with Crippen LogP contribution < -0.4 is 11.1 Å². The zero-order valence-electron chi connectivity index (χ0n) is 12.1. The Bertz CT molecular complexity index is 295. The molecule has 0 bridgehead atoms. The molecule has 1 amide bonds. The van der Waals surface area contributed by atoms with Crippen LogP contribution in [0, 0.1) is 5.41 Å².